The molecule has 5 rings (SSSR count). The van der Waals surface area contributed by atoms with E-state index in [9.17, 15) is 14.4 Å². The largest absolute Gasteiger partial charge is 0.468 e. The van der Waals surface area contributed by atoms with Crippen LogP contribution in [0.1, 0.15) is 37.9 Å². The molecule has 1 aliphatic rings. The lowest BCUT2D eigenvalue weighted by molar-refractivity contribution is -0.117. The maximum absolute atomic E-state index is 13.5. The number of hydrogen-bond donors (Lipinski definition) is 3. The van der Waals surface area contributed by atoms with Gasteiger partial charge in [0.1, 0.15) is 12.4 Å². The molecule has 1 saturated heterocycles. The summed E-state index contributed by atoms with van der Waals surface area (Å²) in [4.78, 5) is 38.7. The molecule has 10 nitrogen and oxygen atoms in total. The van der Waals surface area contributed by atoms with Crippen LogP contribution in [0.25, 0.3) is 11.1 Å². The van der Waals surface area contributed by atoms with Crippen molar-refractivity contribution in [2.24, 2.45) is 0 Å². The molecule has 1 aromatic heterocycles. The molecular formula is C35H39N5O5. The predicted octanol–water partition coefficient (Wildman–Crippen LogP) is 6.44. The summed E-state index contributed by atoms with van der Waals surface area (Å²) >= 11 is 0. The van der Waals surface area contributed by atoms with Crippen LogP contribution in [0.3, 0.4) is 0 Å². The summed E-state index contributed by atoms with van der Waals surface area (Å²) in [5.74, 6) is 0.355. The number of hydrogen-bond acceptors (Lipinski definition) is 7. The summed E-state index contributed by atoms with van der Waals surface area (Å²) in [6.45, 7) is 2.45. The Labute approximate surface area is 263 Å². The Balaban J connectivity index is 1.13. The summed E-state index contributed by atoms with van der Waals surface area (Å²) in [6, 6.07) is 28.4. The van der Waals surface area contributed by atoms with Crippen molar-refractivity contribution in [2.45, 2.75) is 38.6 Å². The van der Waals surface area contributed by atoms with E-state index in [1.54, 1.807) is 35.5 Å². The Hall–Kier alpha value is -4.93. The molecule has 2 heterocycles. The van der Waals surface area contributed by atoms with E-state index in [0.717, 1.165) is 54.9 Å². The maximum Gasteiger partial charge on any atom is 0.429 e. The second kappa shape index (κ2) is 16.2. The molecule has 234 valence electrons. The number of carbonyl (C=O) groups excluding carboxylic acids is 3. The third-order valence-corrected chi connectivity index (χ3v) is 7.40. The van der Waals surface area contributed by atoms with Gasteiger partial charge in [0.15, 0.2) is 0 Å². The van der Waals surface area contributed by atoms with Crippen molar-refractivity contribution in [3.8, 4) is 11.1 Å². The Kier molecular flexibility index (Phi) is 11.4. The van der Waals surface area contributed by atoms with Crippen LogP contribution < -0.4 is 21.0 Å². The monoisotopic (exact) mass is 609 g/mol. The van der Waals surface area contributed by atoms with Gasteiger partial charge in [0.05, 0.1) is 24.9 Å². The van der Waals surface area contributed by atoms with Gasteiger partial charge in [-0.1, -0.05) is 61.0 Å². The maximum atomic E-state index is 13.5. The number of nitrogens with zero attached hydrogens (tertiary/aromatic N) is 2. The molecule has 10 heteroatoms. The molecule has 45 heavy (non-hydrogen) atoms. The molecule has 0 unspecified atom stereocenters. The first-order valence-electron chi connectivity index (χ1n) is 15.4. The molecule has 3 N–H and O–H groups in total. The van der Waals surface area contributed by atoms with Gasteiger partial charge >= 0.3 is 6.09 Å². The summed E-state index contributed by atoms with van der Waals surface area (Å²) < 4.78 is 10.9. The van der Waals surface area contributed by atoms with Gasteiger partial charge in [0.25, 0.3) is 0 Å². The lowest BCUT2D eigenvalue weighted by atomic mass is 10.0. The highest BCUT2D eigenvalue weighted by Crippen LogP contribution is 2.33. The van der Waals surface area contributed by atoms with Crippen molar-refractivity contribution in [1.82, 2.24) is 10.3 Å². The summed E-state index contributed by atoms with van der Waals surface area (Å²) in [7, 11) is 0. The molecule has 0 atom stereocenters. The number of anilines is 3. The number of para-hydroxylation sites is 1. The average Bonchev–Trinajstić information content (AvgIpc) is 3.58. The summed E-state index contributed by atoms with van der Waals surface area (Å²) in [5.41, 5.74) is 3.78. The second-order valence-electron chi connectivity index (χ2n) is 10.8. The Morgan fingerprint density at radius 3 is 2.22 bits per heavy atom. The normalized spacial score (nSPS) is 13.2. The van der Waals surface area contributed by atoms with Gasteiger partial charge in [-0.2, -0.15) is 0 Å². The topological polar surface area (TPSA) is 116 Å². The molecule has 3 aromatic carbocycles. The van der Waals surface area contributed by atoms with Crippen LogP contribution in [0.2, 0.25) is 0 Å². The SMILES string of the molecule is O=C(CCNCc1ccco1)Nc1cccc(NC(=O)CCOC(=O)N(c2ccccc2-c2ccccc2)N2CCCCC2)c1. The summed E-state index contributed by atoms with van der Waals surface area (Å²) in [6.07, 6.45) is 4.46. The lowest BCUT2D eigenvalue weighted by Gasteiger charge is -2.37. The zero-order valence-electron chi connectivity index (χ0n) is 25.2. The van der Waals surface area contributed by atoms with Crippen LogP contribution in [0.5, 0.6) is 0 Å². The molecule has 0 spiro atoms. The lowest BCUT2D eigenvalue weighted by Crippen LogP contribution is -2.49. The van der Waals surface area contributed by atoms with Crippen LogP contribution in [0.15, 0.2) is 102 Å². The minimum atomic E-state index is -0.517. The molecule has 1 fully saturated rings. The van der Waals surface area contributed by atoms with E-state index in [1.165, 1.54) is 0 Å². The van der Waals surface area contributed by atoms with Crippen LogP contribution in [-0.2, 0) is 20.9 Å². The number of ether oxygens (including phenoxy) is 1. The third-order valence-electron chi connectivity index (χ3n) is 7.40. The first-order chi connectivity index (χ1) is 22.1. The molecule has 1 aliphatic heterocycles. The van der Waals surface area contributed by atoms with Crippen molar-refractivity contribution in [3.05, 3.63) is 103 Å². The molecule has 0 aliphatic carbocycles. The van der Waals surface area contributed by atoms with Crippen LogP contribution in [0, 0.1) is 0 Å². The minimum absolute atomic E-state index is 0.0160. The van der Waals surface area contributed by atoms with E-state index in [4.69, 9.17) is 9.15 Å². The van der Waals surface area contributed by atoms with Crippen molar-refractivity contribution < 1.29 is 23.5 Å². The molecule has 0 saturated carbocycles. The molecule has 0 bridgehead atoms. The fraction of sp³-hybridized carbons (Fsp3) is 0.286. The van der Waals surface area contributed by atoms with E-state index in [0.29, 0.717) is 24.5 Å². The number of benzene rings is 3. The van der Waals surface area contributed by atoms with E-state index in [-0.39, 0.29) is 31.3 Å². The van der Waals surface area contributed by atoms with Crippen LogP contribution in [-0.4, -0.2) is 49.2 Å². The van der Waals surface area contributed by atoms with Crippen molar-refractivity contribution in [2.75, 3.05) is 41.9 Å². The Morgan fingerprint density at radius 1 is 0.778 bits per heavy atom. The molecule has 3 amide bonds. The van der Waals surface area contributed by atoms with Crippen LogP contribution >= 0.6 is 0 Å². The summed E-state index contributed by atoms with van der Waals surface area (Å²) in [5, 5.41) is 12.5. The number of furan rings is 1. The van der Waals surface area contributed by atoms with Gasteiger partial charge in [0, 0.05) is 43.0 Å². The third kappa shape index (κ3) is 9.28. The molecule has 0 radical (unpaired) electrons. The van der Waals surface area contributed by atoms with E-state index < -0.39 is 6.09 Å². The minimum Gasteiger partial charge on any atom is -0.468 e. The zero-order valence-corrected chi connectivity index (χ0v) is 25.2. The van der Waals surface area contributed by atoms with Gasteiger partial charge in [-0.15, -0.1) is 0 Å². The predicted molar refractivity (Wildman–Crippen MR) is 174 cm³/mol. The highest BCUT2D eigenvalue weighted by molar-refractivity contribution is 5.95. The van der Waals surface area contributed by atoms with E-state index >= 15 is 0 Å². The zero-order chi connectivity index (χ0) is 31.3. The smallest absolute Gasteiger partial charge is 0.429 e. The quantitative estimate of drug-likeness (QED) is 0.150. The Bertz CT molecular complexity index is 1540. The molecule has 4 aromatic rings. The number of rotatable bonds is 13. The van der Waals surface area contributed by atoms with Gasteiger partial charge in [-0.3, -0.25) is 9.59 Å². The van der Waals surface area contributed by atoms with Crippen LogP contribution in [0.4, 0.5) is 21.9 Å². The van der Waals surface area contributed by atoms with E-state index in [1.807, 2.05) is 71.7 Å². The average molecular weight is 610 g/mol. The van der Waals surface area contributed by atoms with Crippen molar-refractivity contribution >= 4 is 35.0 Å². The highest BCUT2D eigenvalue weighted by Gasteiger charge is 2.28. The second-order valence-corrected chi connectivity index (χ2v) is 10.8. The number of carbonyl (C=O) groups is 3. The fourth-order valence-electron chi connectivity index (χ4n) is 5.20. The number of nitrogens with one attached hydrogen (secondary N) is 3. The van der Waals surface area contributed by atoms with Gasteiger partial charge in [-0.25, -0.2) is 14.8 Å². The van der Waals surface area contributed by atoms with Gasteiger partial charge in [-0.05, 0) is 54.8 Å². The van der Waals surface area contributed by atoms with Crippen molar-refractivity contribution in [3.63, 3.8) is 0 Å². The van der Waals surface area contributed by atoms with E-state index in [2.05, 4.69) is 16.0 Å². The first kappa shape index (κ1) is 31.5. The van der Waals surface area contributed by atoms with Gasteiger partial charge < -0.3 is 25.1 Å². The number of amides is 3. The Morgan fingerprint density at radius 2 is 1.49 bits per heavy atom. The highest BCUT2D eigenvalue weighted by atomic mass is 16.6. The fourth-order valence-corrected chi connectivity index (χ4v) is 5.20. The van der Waals surface area contributed by atoms with Crippen molar-refractivity contribution in [1.29, 1.82) is 0 Å². The first-order valence-corrected chi connectivity index (χ1v) is 15.4. The standard InChI is InChI=1S/C35H39N5O5/c41-33(18-20-36-26-30-15-10-23-44-30)37-28-13-9-14-29(25-28)38-34(42)19-24-45-35(43)40(39-21-7-2-8-22-39)32-17-6-5-16-31(32)27-11-3-1-4-12-27/h1,3-6,9-17,23,25,36H,2,7-8,18-22,24,26H2,(H,37,41)(H,38,42). The number of piperidine rings is 1. The molecular weight excluding hydrogens is 570 g/mol. The van der Waals surface area contributed by atoms with Gasteiger partial charge in [0.2, 0.25) is 11.8 Å². The number of hydrazine groups is 1.